The fraction of sp³-hybridized carbons (Fsp3) is 0.632. The van der Waals surface area contributed by atoms with Gasteiger partial charge in [-0.25, -0.2) is 0 Å². The van der Waals surface area contributed by atoms with Crippen LogP contribution in [0.1, 0.15) is 50.7 Å². The minimum absolute atomic E-state index is 0.293. The predicted octanol–water partition coefficient (Wildman–Crippen LogP) is 2.96. The number of piperazine rings is 1. The first-order valence-corrected chi connectivity index (χ1v) is 8.86. The first-order valence-electron chi connectivity index (χ1n) is 8.86. The van der Waals surface area contributed by atoms with Gasteiger partial charge in [0.2, 0.25) is 5.91 Å². The lowest BCUT2D eigenvalue weighted by molar-refractivity contribution is -0.131. The van der Waals surface area contributed by atoms with Crippen molar-refractivity contribution >= 4 is 5.91 Å². The minimum atomic E-state index is 0.293. The van der Waals surface area contributed by atoms with Crippen LogP contribution in [0.3, 0.4) is 0 Å². The first kappa shape index (κ1) is 17.8. The van der Waals surface area contributed by atoms with Gasteiger partial charge in [-0.05, 0) is 42.9 Å². The maximum atomic E-state index is 12.2. The summed E-state index contributed by atoms with van der Waals surface area (Å²) in [6.07, 6.45) is 2.50. The summed E-state index contributed by atoms with van der Waals surface area (Å²) in [6, 6.07) is 6.45. The van der Waals surface area contributed by atoms with Gasteiger partial charge in [-0.3, -0.25) is 4.79 Å². The number of benzene rings is 1. The Balaban J connectivity index is 1.87. The van der Waals surface area contributed by atoms with Gasteiger partial charge in [-0.2, -0.15) is 0 Å². The smallest absolute Gasteiger partial charge is 0.222 e. The molecule has 0 aromatic heterocycles. The molecule has 23 heavy (non-hydrogen) atoms. The van der Waals surface area contributed by atoms with Crippen molar-refractivity contribution in [1.29, 1.82) is 0 Å². The molecular formula is C19H30N2O2. The van der Waals surface area contributed by atoms with Crippen LogP contribution in [0.4, 0.5) is 0 Å². The van der Waals surface area contributed by atoms with E-state index in [2.05, 4.69) is 37.4 Å². The molecule has 1 N–H and O–H groups in total. The zero-order valence-corrected chi connectivity index (χ0v) is 14.7. The first-order chi connectivity index (χ1) is 11.1. The zero-order chi connectivity index (χ0) is 16.7. The van der Waals surface area contributed by atoms with Crippen molar-refractivity contribution in [3.63, 3.8) is 0 Å². The average molecular weight is 318 g/mol. The molecule has 0 spiro atoms. The van der Waals surface area contributed by atoms with Gasteiger partial charge >= 0.3 is 0 Å². The molecule has 1 saturated heterocycles. The molecule has 1 aromatic rings. The quantitative estimate of drug-likeness (QED) is 0.840. The molecule has 1 aliphatic rings. The van der Waals surface area contributed by atoms with E-state index in [1.54, 1.807) is 0 Å². The van der Waals surface area contributed by atoms with Crippen LogP contribution in [0.5, 0.6) is 5.75 Å². The summed E-state index contributed by atoms with van der Waals surface area (Å²) in [5.41, 5.74) is 2.56. The molecule has 1 fully saturated rings. The number of rotatable bonds is 7. The van der Waals surface area contributed by atoms with Crippen molar-refractivity contribution < 1.29 is 9.53 Å². The Morgan fingerprint density at radius 2 is 2.04 bits per heavy atom. The third-order valence-electron chi connectivity index (χ3n) is 4.32. The lowest BCUT2D eigenvalue weighted by Crippen LogP contribution is -2.46. The summed E-state index contributed by atoms with van der Waals surface area (Å²) in [6.45, 7) is 10.6. The van der Waals surface area contributed by atoms with Crippen molar-refractivity contribution in [3.05, 3.63) is 29.3 Å². The standard InChI is InChI=1S/C19H30N2O2/c1-4-23-18-9-8-16(14-17(18)15(2)3)6-5-7-19(22)21-12-10-20-11-13-21/h8-9,14-15,20H,4-7,10-13H2,1-3H3. The normalized spacial score (nSPS) is 15.0. The van der Waals surface area contributed by atoms with E-state index in [0.717, 1.165) is 44.8 Å². The molecule has 0 aliphatic carbocycles. The number of nitrogens with one attached hydrogen (secondary N) is 1. The summed E-state index contributed by atoms with van der Waals surface area (Å²) in [5.74, 6) is 1.73. The second-order valence-electron chi connectivity index (χ2n) is 6.44. The van der Waals surface area contributed by atoms with Gasteiger partial charge in [0.25, 0.3) is 0 Å². The van der Waals surface area contributed by atoms with Gasteiger partial charge < -0.3 is 15.0 Å². The highest BCUT2D eigenvalue weighted by Crippen LogP contribution is 2.28. The second kappa shape index (κ2) is 8.92. The molecule has 128 valence electrons. The molecule has 1 aliphatic heterocycles. The van der Waals surface area contributed by atoms with E-state index < -0.39 is 0 Å². The molecule has 2 rings (SSSR count). The van der Waals surface area contributed by atoms with Crippen LogP contribution in [0.25, 0.3) is 0 Å². The van der Waals surface area contributed by atoms with Gasteiger partial charge in [0, 0.05) is 32.6 Å². The number of amides is 1. The van der Waals surface area contributed by atoms with Crippen molar-refractivity contribution in [2.75, 3.05) is 32.8 Å². The maximum Gasteiger partial charge on any atom is 0.222 e. The van der Waals surface area contributed by atoms with Crippen LogP contribution in [0, 0.1) is 0 Å². The van der Waals surface area contributed by atoms with Crippen molar-refractivity contribution in [1.82, 2.24) is 10.2 Å². The highest BCUT2D eigenvalue weighted by Gasteiger charge is 2.15. The Hall–Kier alpha value is -1.55. The van der Waals surface area contributed by atoms with E-state index in [1.807, 2.05) is 11.8 Å². The SMILES string of the molecule is CCOc1ccc(CCCC(=O)N2CCNCC2)cc1C(C)C. The molecule has 1 amide bonds. The van der Waals surface area contributed by atoms with E-state index in [9.17, 15) is 4.79 Å². The summed E-state index contributed by atoms with van der Waals surface area (Å²) in [7, 11) is 0. The summed E-state index contributed by atoms with van der Waals surface area (Å²) in [4.78, 5) is 14.2. The van der Waals surface area contributed by atoms with Crippen LogP contribution >= 0.6 is 0 Å². The number of hydrogen-bond donors (Lipinski definition) is 1. The van der Waals surface area contributed by atoms with Gasteiger partial charge in [0.05, 0.1) is 6.61 Å². The largest absolute Gasteiger partial charge is 0.494 e. The van der Waals surface area contributed by atoms with Crippen molar-refractivity contribution in [2.24, 2.45) is 0 Å². The Bertz CT molecular complexity index is 508. The number of carbonyl (C=O) groups excluding carboxylic acids is 1. The third-order valence-corrected chi connectivity index (χ3v) is 4.32. The van der Waals surface area contributed by atoms with Crippen LogP contribution < -0.4 is 10.1 Å². The van der Waals surface area contributed by atoms with Crippen LogP contribution in [-0.2, 0) is 11.2 Å². The number of ether oxygens (including phenoxy) is 1. The topological polar surface area (TPSA) is 41.6 Å². The van der Waals surface area contributed by atoms with E-state index in [-0.39, 0.29) is 0 Å². The lowest BCUT2D eigenvalue weighted by Gasteiger charge is -2.27. The monoisotopic (exact) mass is 318 g/mol. The third kappa shape index (κ3) is 5.24. The minimum Gasteiger partial charge on any atom is -0.494 e. The van der Waals surface area contributed by atoms with E-state index in [4.69, 9.17) is 4.74 Å². The Kier molecular flexibility index (Phi) is 6.90. The maximum absolute atomic E-state index is 12.2. The van der Waals surface area contributed by atoms with Gasteiger partial charge in [-0.1, -0.05) is 26.0 Å². The second-order valence-corrected chi connectivity index (χ2v) is 6.44. The summed E-state index contributed by atoms with van der Waals surface area (Å²) in [5, 5.41) is 3.28. The van der Waals surface area contributed by atoms with E-state index >= 15 is 0 Å². The molecule has 0 radical (unpaired) electrons. The summed E-state index contributed by atoms with van der Waals surface area (Å²) < 4.78 is 5.71. The summed E-state index contributed by atoms with van der Waals surface area (Å²) >= 11 is 0. The number of hydrogen-bond acceptors (Lipinski definition) is 3. The van der Waals surface area contributed by atoms with Crippen molar-refractivity contribution in [2.45, 2.75) is 46.0 Å². The van der Waals surface area contributed by atoms with Crippen LogP contribution in [0.2, 0.25) is 0 Å². The Morgan fingerprint density at radius 1 is 1.30 bits per heavy atom. The zero-order valence-electron chi connectivity index (χ0n) is 14.7. The average Bonchev–Trinajstić information content (AvgIpc) is 2.57. The van der Waals surface area contributed by atoms with Gasteiger partial charge in [-0.15, -0.1) is 0 Å². The molecule has 0 saturated carbocycles. The molecule has 1 heterocycles. The molecule has 0 unspecified atom stereocenters. The Morgan fingerprint density at radius 3 is 2.70 bits per heavy atom. The predicted molar refractivity (Wildman–Crippen MR) is 94.1 cm³/mol. The number of carbonyl (C=O) groups is 1. The molecule has 1 aromatic carbocycles. The van der Waals surface area contributed by atoms with Crippen molar-refractivity contribution in [3.8, 4) is 5.75 Å². The lowest BCUT2D eigenvalue weighted by atomic mass is 9.97. The van der Waals surface area contributed by atoms with Crippen LogP contribution in [-0.4, -0.2) is 43.6 Å². The number of nitrogens with zero attached hydrogens (tertiary/aromatic N) is 1. The molecular weight excluding hydrogens is 288 g/mol. The van der Waals surface area contributed by atoms with Gasteiger partial charge in [0.15, 0.2) is 0 Å². The Labute approximate surface area is 140 Å². The fourth-order valence-electron chi connectivity index (χ4n) is 3.01. The fourth-order valence-corrected chi connectivity index (χ4v) is 3.01. The van der Waals surface area contributed by atoms with Gasteiger partial charge in [0.1, 0.15) is 5.75 Å². The highest BCUT2D eigenvalue weighted by molar-refractivity contribution is 5.76. The molecule has 4 heteroatoms. The van der Waals surface area contributed by atoms with E-state index in [1.165, 1.54) is 11.1 Å². The molecule has 4 nitrogen and oxygen atoms in total. The van der Waals surface area contributed by atoms with Crippen LogP contribution in [0.15, 0.2) is 18.2 Å². The highest BCUT2D eigenvalue weighted by atomic mass is 16.5. The molecule has 0 atom stereocenters. The number of aryl methyl sites for hydroxylation is 1. The van der Waals surface area contributed by atoms with E-state index in [0.29, 0.717) is 24.9 Å². The molecule has 0 bridgehead atoms.